The molecule has 7 aromatic rings. The SMILES string of the molecule is COCCO[C@@H]1[C@H](OP(OCCC#N)OC[C@H]2O[C@@H](n3cnc4c(NC(=O)c5ccccc5)ncnc43)C[C@@H]2O)[C@@H](COC(c2ccccc2)(c2ccc(OC)cc2)c2ccc(OC)cc2)O[C@H]1n1ccc(=O)[nH]c1=O. The number of nitrogens with one attached hydrogen (secondary N) is 2. The molecule has 2 fully saturated rings. The van der Waals surface area contributed by atoms with Crippen molar-refractivity contribution in [2.75, 3.05) is 59.7 Å². The predicted molar refractivity (Wildman–Crippen MR) is 273 cm³/mol. The van der Waals surface area contributed by atoms with Crippen LogP contribution < -0.4 is 26.0 Å². The number of benzene rings is 4. The molecule has 0 saturated carbocycles. The van der Waals surface area contributed by atoms with Crippen molar-refractivity contribution >= 4 is 31.5 Å². The zero-order valence-electron chi connectivity index (χ0n) is 41.6. The van der Waals surface area contributed by atoms with Gasteiger partial charge in [0.2, 0.25) is 0 Å². The van der Waals surface area contributed by atoms with E-state index in [9.17, 15) is 24.8 Å². The number of imidazole rings is 1. The van der Waals surface area contributed by atoms with Gasteiger partial charge in [0, 0.05) is 31.4 Å². The van der Waals surface area contributed by atoms with Crippen LogP contribution in [0.25, 0.3) is 11.2 Å². The Hall–Kier alpha value is -7.26. The maximum atomic E-state index is 13.6. The van der Waals surface area contributed by atoms with Crippen molar-refractivity contribution < 1.29 is 56.6 Å². The third-order valence-corrected chi connectivity index (χ3v) is 13.9. The Labute approximate surface area is 437 Å². The smallest absolute Gasteiger partial charge is 0.333 e. The highest BCUT2D eigenvalue weighted by Crippen LogP contribution is 2.49. The molecule has 4 aromatic carbocycles. The van der Waals surface area contributed by atoms with E-state index < -0.39 is 68.4 Å². The van der Waals surface area contributed by atoms with Crippen molar-refractivity contribution in [2.24, 2.45) is 0 Å². The molecule has 0 radical (unpaired) electrons. The number of aromatic amines is 1. The number of aromatic nitrogens is 6. The van der Waals surface area contributed by atoms with Gasteiger partial charge in [-0.2, -0.15) is 5.26 Å². The first kappa shape index (κ1) is 53.6. The van der Waals surface area contributed by atoms with Crippen molar-refractivity contribution in [3.8, 4) is 17.6 Å². The third-order valence-electron chi connectivity index (χ3n) is 12.7. The lowest BCUT2D eigenvalue weighted by Crippen LogP contribution is -2.42. The number of nitrogens with zero attached hydrogens (tertiary/aromatic N) is 6. The Kier molecular flexibility index (Phi) is 17.7. The summed E-state index contributed by atoms with van der Waals surface area (Å²) >= 11 is 0. The van der Waals surface area contributed by atoms with Gasteiger partial charge in [-0.15, -0.1) is 0 Å². The number of methoxy groups -OCH3 is 3. The Morgan fingerprint density at radius 1 is 0.803 bits per heavy atom. The molecule has 3 aromatic heterocycles. The predicted octanol–water partition coefficient (Wildman–Crippen LogP) is 5.79. The van der Waals surface area contributed by atoms with Gasteiger partial charge in [0.25, 0.3) is 11.5 Å². The lowest BCUT2D eigenvalue weighted by atomic mass is 9.80. The van der Waals surface area contributed by atoms with Crippen molar-refractivity contribution in [3.63, 3.8) is 0 Å². The van der Waals surface area contributed by atoms with Crippen molar-refractivity contribution in [1.29, 1.82) is 5.26 Å². The molecule has 0 spiro atoms. The number of aliphatic hydroxyl groups excluding tert-OH is 1. The normalized spacial score (nSPS) is 20.8. The summed E-state index contributed by atoms with van der Waals surface area (Å²) in [6, 6.07) is 36.5. The van der Waals surface area contributed by atoms with Gasteiger partial charge in [-0.3, -0.25) is 23.7 Å². The van der Waals surface area contributed by atoms with Gasteiger partial charge in [0.15, 0.2) is 23.2 Å². The summed E-state index contributed by atoms with van der Waals surface area (Å²) < 4.78 is 65.6. The Morgan fingerprint density at radius 3 is 2.14 bits per heavy atom. The Balaban J connectivity index is 1.02. The van der Waals surface area contributed by atoms with E-state index in [0.717, 1.165) is 16.7 Å². The van der Waals surface area contributed by atoms with E-state index in [4.69, 9.17) is 46.7 Å². The molecule has 3 N–H and O–H groups in total. The fourth-order valence-electron chi connectivity index (χ4n) is 9.00. The molecule has 0 aliphatic carbocycles. The molecule has 0 bridgehead atoms. The van der Waals surface area contributed by atoms with Gasteiger partial charge in [0.05, 0.1) is 72.2 Å². The van der Waals surface area contributed by atoms with E-state index in [1.54, 1.807) is 43.1 Å². The van der Waals surface area contributed by atoms with E-state index in [1.807, 2.05) is 84.9 Å². The average molecular weight is 1060 g/mol. The highest BCUT2D eigenvalue weighted by molar-refractivity contribution is 7.41. The minimum absolute atomic E-state index is 0.0184. The maximum absolute atomic E-state index is 13.6. The first-order chi connectivity index (χ1) is 37.1. The van der Waals surface area contributed by atoms with E-state index in [-0.39, 0.29) is 57.6 Å². The van der Waals surface area contributed by atoms with Gasteiger partial charge in [-0.1, -0.05) is 72.8 Å². The fraction of sp³-hybridized carbons (Fsp3) is 0.340. The molecule has 2 aliphatic rings. The average Bonchev–Trinajstić information content (AvgIpc) is 4.16. The maximum Gasteiger partial charge on any atom is 0.333 e. The number of aliphatic hydroxyl groups is 1. The molecule has 1 amide bonds. The zero-order valence-corrected chi connectivity index (χ0v) is 42.5. The number of hydrogen-bond donors (Lipinski definition) is 3. The molecule has 5 heterocycles. The quantitative estimate of drug-likeness (QED) is 0.0367. The first-order valence-corrected chi connectivity index (χ1v) is 25.3. The molecule has 8 atom stereocenters. The van der Waals surface area contributed by atoms with Crippen LogP contribution in [0, 0.1) is 11.3 Å². The van der Waals surface area contributed by atoms with Crippen LogP contribution in [0.5, 0.6) is 11.5 Å². The minimum Gasteiger partial charge on any atom is -0.497 e. The summed E-state index contributed by atoms with van der Waals surface area (Å²) in [5.74, 6) is 1.06. The van der Waals surface area contributed by atoms with Gasteiger partial charge in [-0.25, -0.2) is 19.7 Å². The molecule has 1 unspecified atom stereocenters. The van der Waals surface area contributed by atoms with Crippen LogP contribution >= 0.6 is 8.60 Å². The molecule has 76 heavy (non-hydrogen) atoms. The van der Waals surface area contributed by atoms with Crippen LogP contribution in [0.1, 0.15) is 52.3 Å². The number of hydrogen-bond acceptors (Lipinski definition) is 18. The number of nitriles is 1. The second kappa shape index (κ2) is 25.1. The van der Waals surface area contributed by atoms with Gasteiger partial charge in [0.1, 0.15) is 54.1 Å². The number of carbonyl (C=O) groups is 1. The molecule has 2 saturated heterocycles. The molecular formula is C53H55N8O14P. The summed E-state index contributed by atoms with van der Waals surface area (Å²) in [5.41, 5.74) is 0.583. The summed E-state index contributed by atoms with van der Waals surface area (Å²) in [6.45, 7) is -0.418. The van der Waals surface area contributed by atoms with E-state index in [1.165, 1.54) is 36.6 Å². The second-order valence-electron chi connectivity index (χ2n) is 17.4. The van der Waals surface area contributed by atoms with Crippen molar-refractivity contribution in [2.45, 2.75) is 61.4 Å². The number of H-pyrrole nitrogens is 1. The summed E-state index contributed by atoms with van der Waals surface area (Å²) in [7, 11) is 2.24. The van der Waals surface area contributed by atoms with Gasteiger partial charge in [-0.05, 0) is 53.1 Å². The topological polar surface area (TPSA) is 264 Å². The molecular weight excluding hydrogens is 1000 g/mol. The van der Waals surface area contributed by atoms with Crippen LogP contribution in [0.15, 0.2) is 144 Å². The Morgan fingerprint density at radius 2 is 1.49 bits per heavy atom. The zero-order chi connectivity index (χ0) is 53.0. The molecule has 2 aliphatic heterocycles. The molecule has 396 valence electrons. The summed E-state index contributed by atoms with van der Waals surface area (Å²) in [5, 5.41) is 23.8. The lowest BCUT2D eigenvalue weighted by molar-refractivity contribution is -0.0993. The number of rotatable bonds is 24. The van der Waals surface area contributed by atoms with Gasteiger partial charge >= 0.3 is 14.3 Å². The molecule has 9 rings (SSSR count). The number of fused-ring (bicyclic) bond motifs is 1. The van der Waals surface area contributed by atoms with E-state index in [2.05, 4.69) is 31.3 Å². The van der Waals surface area contributed by atoms with E-state index in [0.29, 0.717) is 28.2 Å². The second-order valence-corrected chi connectivity index (χ2v) is 18.5. The lowest BCUT2D eigenvalue weighted by Gasteiger charge is -2.37. The van der Waals surface area contributed by atoms with E-state index >= 15 is 0 Å². The van der Waals surface area contributed by atoms with Crippen LogP contribution in [-0.4, -0.2) is 125 Å². The Bertz CT molecular complexity index is 3130. The number of carbonyl (C=O) groups excluding carboxylic acids is 1. The van der Waals surface area contributed by atoms with Crippen LogP contribution in [0.2, 0.25) is 0 Å². The first-order valence-electron chi connectivity index (χ1n) is 24.2. The van der Waals surface area contributed by atoms with Crippen molar-refractivity contribution in [3.05, 3.63) is 177 Å². The molecule has 22 nitrogen and oxygen atoms in total. The van der Waals surface area contributed by atoms with Gasteiger partial charge < -0.3 is 57.2 Å². The highest BCUT2D eigenvalue weighted by Gasteiger charge is 2.51. The number of anilines is 1. The van der Waals surface area contributed by atoms with Crippen molar-refractivity contribution in [1.82, 2.24) is 29.1 Å². The minimum atomic E-state index is -2.43. The summed E-state index contributed by atoms with van der Waals surface area (Å²) in [6.07, 6.45) is -3.13. The standard InChI is InChI=1S/C53H55N8O14P/c1-66-27-28-69-47-46(75-76(71-26-10-24-54)72-31-41-40(62)29-44(73-41)61-33-57-45-48(55-32-56-49(45)61)59-50(64)34-11-6-4-7-12-34)42(74-51(47)60-25-23-43(63)58-52(60)65)30-70-53(35-13-8-5-9-14-35,36-15-19-38(67-2)20-16-36)37-17-21-39(68-3)22-18-37/h4-9,11-23,25,32-33,40-42,44,46-47,51,62H,10,26-31H2,1-3H3,(H,58,63,65)(H,55,56,59,64)/t40-,41+,42+,44+,46+,47+,51+,76?/m0/s1. The molecule has 23 heteroatoms. The van der Waals surface area contributed by atoms with Crippen LogP contribution in [0.3, 0.4) is 0 Å². The van der Waals surface area contributed by atoms with Crippen LogP contribution in [0.4, 0.5) is 5.82 Å². The largest absolute Gasteiger partial charge is 0.497 e. The number of ether oxygens (including phenoxy) is 7. The highest BCUT2D eigenvalue weighted by atomic mass is 31.2. The van der Waals surface area contributed by atoms with Crippen LogP contribution in [-0.2, 0) is 42.9 Å². The third kappa shape index (κ3) is 11.9. The monoisotopic (exact) mass is 1060 g/mol. The summed E-state index contributed by atoms with van der Waals surface area (Å²) in [4.78, 5) is 54.4. The fourth-order valence-corrected chi connectivity index (χ4v) is 10.2. The number of amides is 1.